The van der Waals surface area contributed by atoms with Crippen molar-refractivity contribution in [1.82, 2.24) is 0 Å². The summed E-state index contributed by atoms with van der Waals surface area (Å²) in [5, 5.41) is 0. The number of methoxy groups -OCH3 is 1. The Kier molecular flexibility index (Phi) is 5.41. The van der Waals surface area contributed by atoms with E-state index >= 15 is 0 Å². The Hall–Kier alpha value is -2.43. The number of hydrogen-bond donors (Lipinski definition) is 0. The predicted octanol–water partition coefficient (Wildman–Crippen LogP) is 3.08. The lowest BCUT2D eigenvalue weighted by atomic mass is 9.99. The number of carbonyl (C=O) groups is 2. The number of alkyl halides is 1. The summed E-state index contributed by atoms with van der Waals surface area (Å²) in [6.45, 7) is 8.01. The van der Waals surface area contributed by atoms with E-state index in [1.165, 1.54) is 6.07 Å². The van der Waals surface area contributed by atoms with Crippen molar-refractivity contribution in [2.24, 2.45) is 0 Å². The average Bonchev–Trinajstić information content (AvgIpc) is 2.45. The Balaban J connectivity index is 2.78. The first-order chi connectivity index (χ1) is 9.80. The SMILES string of the molecule is C=Cc1cccc(OC(=O)C(C)(F)CC(=C)C(=O)OC)c1. The molecule has 5 heteroatoms. The summed E-state index contributed by atoms with van der Waals surface area (Å²) in [4.78, 5) is 23.1. The van der Waals surface area contributed by atoms with Gasteiger partial charge in [0.1, 0.15) is 5.75 Å². The summed E-state index contributed by atoms with van der Waals surface area (Å²) in [6, 6.07) is 6.49. The topological polar surface area (TPSA) is 52.6 Å². The number of rotatable bonds is 6. The third kappa shape index (κ3) is 4.56. The van der Waals surface area contributed by atoms with Gasteiger partial charge in [-0.05, 0) is 24.6 Å². The van der Waals surface area contributed by atoms with Crippen molar-refractivity contribution in [3.05, 3.63) is 48.6 Å². The van der Waals surface area contributed by atoms with Crippen molar-refractivity contribution in [3.8, 4) is 5.75 Å². The van der Waals surface area contributed by atoms with Crippen LogP contribution < -0.4 is 4.74 Å². The van der Waals surface area contributed by atoms with E-state index in [9.17, 15) is 14.0 Å². The molecule has 1 rings (SSSR count). The summed E-state index contributed by atoms with van der Waals surface area (Å²) in [5.41, 5.74) is -1.78. The van der Waals surface area contributed by atoms with Crippen molar-refractivity contribution in [2.75, 3.05) is 7.11 Å². The van der Waals surface area contributed by atoms with E-state index in [0.29, 0.717) is 0 Å². The number of hydrogen-bond acceptors (Lipinski definition) is 4. The van der Waals surface area contributed by atoms with E-state index in [0.717, 1.165) is 19.6 Å². The van der Waals surface area contributed by atoms with Crippen LogP contribution in [0.4, 0.5) is 4.39 Å². The maximum absolute atomic E-state index is 14.3. The molecule has 0 fully saturated rings. The zero-order valence-electron chi connectivity index (χ0n) is 12.0. The molecular formula is C16H17FO4. The first-order valence-electron chi connectivity index (χ1n) is 6.20. The van der Waals surface area contributed by atoms with Crippen LogP contribution in [0.15, 0.2) is 43.0 Å². The molecule has 1 aromatic carbocycles. The summed E-state index contributed by atoms with van der Waals surface area (Å²) in [7, 11) is 1.15. The van der Waals surface area contributed by atoms with Crippen LogP contribution >= 0.6 is 0 Å². The van der Waals surface area contributed by atoms with Crippen LogP contribution in [0.5, 0.6) is 5.75 Å². The van der Waals surface area contributed by atoms with E-state index in [1.54, 1.807) is 24.3 Å². The lowest BCUT2D eigenvalue weighted by molar-refractivity contribution is -0.147. The highest BCUT2D eigenvalue weighted by atomic mass is 19.1. The van der Waals surface area contributed by atoms with Gasteiger partial charge in [0.15, 0.2) is 0 Å². The van der Waals surface area contributed by atoms with Gasteiger partial charge in [0, 0.05) is 12.0 Å². The van der Waals surface area contributed by atoms with Crippen molar-refractivity contribution in [2.45, 2.75) is 19.0 Å². The molecule has 0 aliphatic carbocycles. The lowest BCUT2D eigenvalue weighted by Gasteiger charge is -2.19. The zero-order chi connectivity index (χ0) is 16.0. The molecule has 0 heterocycles. The van der Waals surface area contributed by atoms with Crippen LogP contribution in [0.1, 0.15) is 18.9 Å². The van der Waals surface area contributed by atoms with Gasteiger partial charge in [-0.3, -0.25) is 0 Å². The summed E-state index contributed by atoms with van der Waals surface area (Å²) >= 11 is 0. The number of ether oxygens (including phenoxy) is 2. The molecule has 0 N–H and O–H groups in total. The van der Waals surface area contributed by atoms with Crippen molar-refractivity contribution < 1.29 is 23.5 Å². The highest BCUT2D eigenvalue weighted by Crippen LogP contribution is 2.24. The van der Waals surface area contributed by atoms with Gasteiger partial charge in [-0.25, -0.2) is 14.0 Å². The van der Waals surface area contributed by atoms with Gasteiger partial charge in [-0.15, -0.1) is 0 Å². The van der Waals surface area contributed by atoms with Crippen LogP contribution in [-0.2, 0) is 14.3 Å². The highest BCUT2D eigenvalue weighted by Gasteiger charge is 2.37. The standard InChI is InChI=1S/C16H17FO4/c1-5-12-7-6-8-13(9-12)21-15(19)16(3,17)10-11(2)14(18)20-4/h5-9H,1-2,10H2,3-4H3. The van der Waals surface area contributed by atoms with E-state index < -0.39 is 24.0 Å². The number of benzene rings is 1. The van der Waals surface area contributed by atoms with E-state index in [4.69, 9.17) is 4.74 Å². The third-order valence-electron chi connectivity index (χ3n) is 2.75. The molecule has 0 aliphatic heterocycles. The molecule has 1 atom stereocenters. The molecule has 112 valence electrons. The Morgan fingerprint density at radius 3 is 2.67 bits per heavy atom. The smallest absolute Gasteiger partial charge is 0.349 e. The van der Waals surface area contributed by atoms with Gasteiger partial charge in [-0.2, -0.15) is 0 Å². The fourth-order valence-corrected chi connectivity index (χ4v) is 1.61. The maximum atomic E-state index is 14.3. The first-order valence-corrected chi connectivity index (χ1v) is 6.20. The van der Waals surface area contributed by atoms with E-state index in [1.807, 2.05) is 0 Å². The maximum Gasteiger partial charge on any atom is 0.349 e. The Bertz CT molecular complexity index is 575. The van der Waals surface area contributed by atoms with E-state index in [-0.39, 0.29) is 11.3 Å². The molecule has 0 bridgehead atoms. The minimum Gasteiger partial charge on any atom is -0.466 e. The van der Waals surface area contributed by atoms with Crippen LogP contribution in [0, 0.1) is 0 Å². The average molecular weight is 292 g/mol. The second kappa shape index (κ2) is 6.83. The van der Waals surface area contributed by atoms with Crippen molar-refractivity contribution in [1.29, 1.82) is 0 Å². The Morgan fingerprint density at radius 1 is 1.43 bits per heavy atom. The van der Waals surface area contributed by atoms with Crippen LogP contribution in [0.25, 0.3) is 6.08 Å². The number of halogens is 1. The second-order valence-electron chi connectivity index (χ2n) is 4.64. The molecule has 0 radical (unpaired) electrons. The minimum atomic E-state index is -2.38. The van der Waals surface area contributed by atoms with Gasteiger partial charge in [0.2, 0.25) is 5.67 Å². The molecule has 0 spiro atoms. The van der Waals surface area contributed by atoms with Gasteiger partial charge in [0.25, 0.3) is 0 Å². The molecule has 0 amide bonds. The second-order valence-corrected chi connectivity index (χ2v) is 4.64. The zero-order valence-corrected chi connectivity index (χ0v) is 12.0. The monoisotopic (exact) mass is 292 g/mol. The van der Waals surface area contributed by atoms with Crippen molar-refractivity contribution in [3.63, 3.8) is 0 Å². The minimum absolute atomic E-state index is 0.140. The van der Waals surface area contributed by atoms with E-state index in [2.05, 4.69) is 17.9 Å². The first kappa shape index (κ1) is 16.6. The van der Waals surface area contributed by atoms with Crippen LogP contribution in [0.2, 0.25) is 0 Å². The van der Waals surface area contributed by atoms with Gasteiger partial charge in [-0.1, -0.05) is 31.4 Å². The summed E-state index contributed by atoms with van der Waals surface area (Å²) < 4.78 is 23.7. The molecule has 1 aromatic rings. The molecule has 1 unspecified atom stereocenters. The lowest BCUT2D eigenvalue weighted by Crippen LogP contribution is -2.35. The van der Waals surface area contributed by atoms with Gasteiger partial charge >= 0.3 is 11.9 Å². The molecule has 4 nitrogen and oxygen atoms in total. The summed E-state index contributed by atoms with van der Waals surface area (Å²) in [5.74, 6) is -1.67. The number of carbonyl (C=O) groups excluding carboxylic acids is 2. The van der Waals surface area contributed by atoms with Crippen LogP contribution in [-0.4, -0.2) is 24.7 Å². The highest BCUT2D eigenvalue weighted by molar-refractivity contribution is 5.90. The predicted molar refractivity (Wildman–Crippen MR) is 77.5 cm³/mol. The Morgan fingerprint density at radius 2 is 2.10 bits per heavy atom. The molecule has 0 saturated carbocycles. The number of esters is 2. The molecule has 21 heavy (non-hydrogen) atoms. The molecular weight excluding hydrogens is 275 g/mol. The molecule has 0 aliphatic rings. The molecule has 0 saturated heterocycles. The van der Waals surface area contributed by atoms with Gasteiger partial charge in [0.05, 0.1) is 7.11 Å². The van der Waals surface area contributed by atoms with Crippen LogP contribution in [0.3, 0.4) is 0 Å². The normalized spacial score (nSPS) is 12.9. The largest absolute Gasteiger partial charge is 0.466 e. The van der Waals surface area contributed by atoms with Crippen molar-refractivity contribution >= 4 is 18.0 Å². The third-order valence-corrected chi connectivity index (χ3v) is 2.75. The fraction of sp³-hybridized carbons (Fsp3) is 0.250. The fourth-order valence-electron chi connectivity index (χ4n) is 1.61. The Labute approximate surface area is 122 Å². The summed E-state index contributed by atoms with van der Waals surface area (Å²) in [6.07, 6.45) is 1.07. The van der Waals surface area contributed by atoms with Gasteiger partial charge < -0.3 is 9.47 Å². The quantitative estimate of drug-likeness (QED) is 0.459. The molecule has 0 aromatic heterocycles.